The fraction of sp³-hybridized carbons (Fsp3) is 0.190. The van der Waals surface area contributed by atoms with Crippen molar-refractivity contribution < 1.29 is 29.0 Å². The topological polar surface area (TPSA) is 105 Å². The molecule has 1 aliphatic heterocycles. The number of nitrogens with one attached hydrogen (secondary N) is 1. The van der Waals surface area contributed by atoms with Gasteiger partial charge in [-0.3, -0.25) is 9.59 Å². The molecule has 3 rings (SSSR count). The third-order valence-corrected chi connectivity index (χ3v) is 5.72. The predicted molar refractivity (Wildman–Crippen MR) is 130 cm³/mol. The first-order valence-corrected chi connectivity index (χ1v) is 11.3. The van der Waals surface area contributed by atoms with Gasteiger partial charge in [-0.15, -0.1) is 0 Å². The summed E-state index contributed by atoms with van der Waals surface area (Å²) in [5.41, 5.74) is 1.62. The van der Waals surface area contributed by atoms with Crippen LogP contribution in [-0.2, 0) is 16.2 Å². The number of carbonyl (C=O) groups is 3. The minimum absolute atomic E-state index is 0.00273. The highest BCUT2D eigenvalue weighted by atomic mass is 127. The van der Waals surface area contributed by atoms with Crippen molar-refractivity contribution in [2.45, 2.75) is 13.5 Å². The summed E-state index contributed by atoms with van der Waals surface area (Å²) in [6.07, 6.45) is 1.48. The molecule has 1 saturated heterocycles. The molecule has 0 atom stereocenters. The zero-order chi connectivity index (χ0) is 22.5. The third-order valence-electron chi connectivity index (χ3n) is 4.19. The molecule has 1 aliphatic rings. The van der Waals surface area contributed by atoms with Crippen LogP contribution in [0.2, 0.25) is 0 Å². The van der Waals surface area contributed by atoms with Crippen molar-refractivity contribution >= 4 is 69.2 Å². The largest absolute Gasteiger partial charge is 0.490 e. The molecule has 0 bridgehead atoms. The van der Waals surface area contributed by atoms with E-state index < -0.39 is 24.5 Å². The van der Waals surface area contributed by atoms with E-state index in [1.165, 1.54) is 6.08 Å². The second-order valence-corrected chi connectivity index (χ2v) is 8.86. The molecule has 1 fully saturated rings. The Kier molecular flexibility index (Phi) is 7.75. The van der Waals surface area contributed by atoms with Gasteiger partial charge in [-0.1, -0.05) is 12.1 Å². The molecular weight excluding hydrogens is 630 g/mol. The minimum atomic E-state index is -1.27. The van der Waals surface area contributed by atoms with E-state index in [4.69, 9.17) is 14.6 Å². The molecule has 162 valence electrons. The van der Waals surface area contributed by atoms with Crippen molar-refractivity contribution in [1.82, 2.24) is 10.2 Å². The summed E-state index contributed by atoms with van der Waals surface area (Å²) >= 11 is 4.36. The van der Waals surface area contributed by atoms with Crippen molar-refractivity contribution in [3.63, 3.8) is 0 Å². The molecule has 10 heteroatoms. The molecule has 2 N–H and O–H groups in total. The molecule has 8 nitrogen and oxygen atoms in total. The van der Waals surface area contributed by atoms with Gasteiger partial charge in [-0.25, -0.2) is 9.69 Å². The summed E-state index contributed by atoms with van der Waals surface area (Å²) in [6, 6.07) is 10.7. The van der Waals surface area contributed by atoms with E-state index >= 15 is 0 Å². The third kappa shape index (κ3) is 5.87. The zero-order valence-corrected chi connectivity index (χ0v) is 20.7. The average Bonchev–Trinajstić information content (AvgIpc) is 2.96. The van der Waals surface area contributed by atoms with Gasteiger partial charge >= 0.3 is 12.0 Å². The van der Waals surface area contributed by atoms with Crippen molar-refractivity contribution in [3.8, 4) is 11.5 Å². The van der Waals surface area contributed by atoms with Crippen LogP contribution in [0.3, 0.4) is 0 Å². The number of hydrogen-bond donors (Lipinski definition) is 2. The van der Waals surface area contributed by atoms with E-state index in [9.17, 15) is 14.4 Å². The standard InChI is InChI=1S/C21H18I2N2O6/c1-2-30-17-9-13(8-16-20(28)25(10-18(26)27)21(29)24-16)7-15(23)19(17)31-11-12-3-5-14(22)6-4-12/h3-9H,2,10-11H2,1H3,(H,24,29)(H,26,27)/b16-8+. The highest BCUT2D eigenvalue weighted by Gasteiger charge is 2.34. The normalized spacial score (nSPS) is 14.7. The number of imide groups is 1. The predicted octanol–water partition coefficient (Wildman–Crippen LogP) is 3.85. The molecule has 0 saturated carbocycles. The maximum Gasteiger partial charge on any atom is 0.329 e. The monoisotopic (exact) mass is 648 g/mol. The quantitative estimate of drug-likeness (QED) is 0.256. The number of urea groups is 1. The molecule has 31 heavy (non-hydrogen) atoms. The lowest BCUT2D eigenvalue weighted by Crippen LogP contribution is -2.35. The molecule has 0 aliphatic carbocycles. The highest BCUT2D eigenvalue weighted by Crippen LogP contribution is 2.35. The van der Waals surface area contributed by atoms with Crippen LogP contribution in [0.25, 0.3) is 6.08 Å². The first-order chi connectivity index (χ1) is 14.8. The summed E-state index contributed by atoms with van der Waals surface area (Å²) in [7, 11) is 0. The lowest BCUT2D eigenvalue weighted by molar-refractivity contribution is -0.140. The number of carboxylic acids is 1. The van der Waals surface area contributed by atoms with Crippen LogP contribution in [0.5, 0.6) is 11.5 Å². The first-order valence-electron chi connectivity index (χ1n) is 9.18. The van der Waals surface area contributed by atoms with Gasteiger partial charge in [0.05, 0.1) is 10.2 Å². The Labute approximate surface area is 205 Å². The zero-order valence-electron chi connectivity index (χ0n) is 16.4. The molecule has 1 heterocycles. The summed E-state index contributed by atoms with van der Waals surface area (Å²) in [5, 5.41) is 11.3. The smallest absolute Gasteiger partial charge is 0.329 e. The van der Waals surface area contributed by atoms with Gasteiger partial charge < -0.3 is 19.9 Å². The summed E-state index contributed by atoms with van der Waals surface area (Å²) in [6.45, 7) is 1.94. The number of carbonyl (C=O) groups excluding carboxylic acids is 2. The minimum Gasteiger partial charge on any atom is -0.490 e. The Bertz CT molecular complexity index is 1050. The Morgan fingerprint density at radius 3 is 2.52 bits per heavy atom. The average molecular weight is 648 g/mol. The first kappa shape index (κ1) is 23.3. The van der Waals surface area contributed by atoms with Crippen LogP contribution in [0.15, 0.2) is 42.1 Å². The fourth-order valence-electron chi connectivity index (χ4n) is 2.83. The molecule has 0 aromatic heterocycles. The molecule has 2 aromatic carbocycles. The number of benzene rings is 2. The SMILES string of the molecule is CCOc1cc(/C=C2/NC(=O)N(CC(=O)O)C2=O)cc(I)c1OCc1ccc(I)cc1. The maximum absolute atomic E-state index is 12.4. The maximum atomic E-state index is 12.4. The Morgan fingerprint density at radius 2 is 1.87 bits per heavy atom. The Morgan fingerprint density at radius 1 is 1.16 bits per heavy atom. The molecule has 2 aromatic rings. The number of aliphatic carboxylic acids is 1. The van der Waals surface area contributed by atoms with Gasteiger partial charge in [0, 0.05) is 3.57 Å². The molecule has 0 radical (unpaired) electrons. The summed E-state index contributed by atoms with van der Waals surface area (Å²) in [5.74, 6) is -0.879. The van der Waals surface area contributed by atoms with Crippen molar-refractivity contribution in [2.24, 2.45) is 0 Å². The second kappa shape index (κ2) is 10.3. The molecule has 3 amide bonds. The van der Waals surface area contributed by atoms with Gasteiger partial charge in [-0.2, -0.15) is 0 Å². The van der Waals surface area contributed by atoms with Crippen LogP contribution in [0, 0.1) is 7.14 Å². The van der Waals surface area contributed by atoms with Gasteiger partial charge in [0.25, 0.3) is 5.91 Å². The fourth-order valence-corrected chi connectivity index (χ4v) is 3.97. The van der Waals surface area contributed by atoms with Crippen LogP contribution < -0.4 is 14.8 Å². The van der Waals surface area contributed by atoms with E-state index in [1.807, 2.05) is 31.2 Å². The number of rotatable bonds is 8. The highest BCUT2D eigenvalue weighted by molar-refractivity contribution is 14.1. The van der Waals surface area contributed by atoms with E-state index in [-0.39, 0.29) is 5.70 Å². The molecular formula is C21H18I2N2O6. The van der Waals surface area contributed by atoms with Crippen LogP contribution in [0.1, 0.15) is 18.1 Å². The number of halogens is 2. The van der Waals surface area contributed by atoms with Crippen molar-refractivity contribution in [2.75, 3.05) is 13.2 Å². The summed E-state index contributed by atoms with van der Waals surface area (Å²) < 4.78 is 13.6. The van der Waals surface area contributed by atoms with Crippen LogP contribution in [-0.4, -0.2) is 41.1 Å². The Hall–Kier alpha value is -2.35. The van der Waals surface area contributed by atoms with E-state index in [2.05, 4.69) is 50.5 Å². The Balaban J connectivity index is 1.85. The number of hydrogen-bond acceptors (Lipinski definition) is 5. The van der Waals surface area contributed by atoms with E-state index in [1.54, 1.807) is 12.1 Å². The van der Waals surface area contributed by atoms with Gasteiger partial charge in [0.15, 0.2) is 11.5 Å². The van der Waals surface area contributed by atoms with Crippen molar-refractivity contribution in [3.05, 3.63) is 60.4 Å². The molecule has 0 unspecified atom stereocenters. The lowest BCUT2D eigenvalue weighted by atomic mass is 10.1. The number of ether oxygens (including phenoxy) is 2. The second-order valence-electron chi connectivity index (χ2n) is 6.45. The van der Waals surface area contributed by atoms with Gasteiger partial charge in [0.2, 0.25) is 0 Å². The number of nitrogens with zero attached hydrogens (tertiary/aromatic N) is 1. The molecule has 0 spiro atoms. The number of amides is 3. The van der Waals surface area contributed by atoms with Gasteiger partial charge in [0.1, 0.15) is 18.8 Å². The lowest BCUT2D eigenvalue weighted by Gasteiger charge is -2.15. The van der Waals surface area contributed by atoms with Gasteiger partial charge in [-0.05, 0) is 93.6 Å². The van der Waals surface area contributed by atoms with Crippen LogP contribution >= 0.6 is 45.2 Å². The van der Waals surface area contributed by atoms with Crippen molar-refractivity contribution in [1.29, 1.82) is 0 Å². The number of carboxylic acid groups (broad SMARTS) is 1. The summed E-state index contributed by atoms with van der Waals surface area (Å²) in [4.78, 5) is 35.8. The van der Waals surface area contributed by atoms with E-state index in [0.717, 1.165) is 12.7 Å². The van der Waals surface area contributed by atoms with E-state index in [0.29, 0.717) is 35.2 Å². The van der Waals surface area contributed by atoms with Crippen LogP contribution in [0.4, 0.5) is 4.79 Å².